The number of rotatable bonds is 3. The third-order valence-corrected chi connectivity index (χ3v) is 2.61. The lowest BCUT2D eigenvalue weighted by Crippen LogP contribution is -1.90. The van der Waals surface area contributed by atoms with Crippen molar-refractivity contribution in [3.63, 3.8) is 0 Å². The van der Waals surface area contributed by atoms with Crippen LogP contribution in [0.15, 0.2) is 48.6 Å². The quantitative estimate of drug-likeness (QED) is 0.838. The number of hydrogen-bond acceptors (Lipinski definition) is 3. The molecule has 0 unspecified atom stereocenters. The third-order valence-electron chi connectivity index (χ3n) is 2.61. The van der Waals surface area contributed by atoms with Gasteiger partial charge in [0.2, 0.25) is 0 Å². The van der Waals surface area contributed by atoms with E-state index in [1.54, 1.807) is 12.4 Å². The summed E-state index contributed by atoms with van der Waals surface area (Å²) in [5.41, 5.74) is 9.32. The van der Waals surface area contributed by atoms with Gasteiger partial charge in [0.05, 0.1) is 11.9 Å². The van der Waals surface area contributed by atoms with E-state index in [4.69, 9.17) is 5.73 Å². The van der Waals surface area contributed by atoms with Crippen molar-refractivity contribution in [3.05, 3.63) is 60.0 Å². The van der Waals surface area contributed by atoms with Crippen LogP contribution in [0.1, 0.15) is 18.3 Å². The summed E-state index contributed by atoms with van der Waals surface area (Å²) in [6.45, 7) is 3.96. The van der Waals surface area contributed by atoms with Gasteiger partial charge in [0, 0.05) is 23.8 Å². The van der Waals surface area contributed by atoms with Crippen LogP contribution in [0.5, 0.6) is 0 Å². The molecule has 18 heavy (non-hydrogen) atoms. The molecule has 4 heteroatoms. The molecule has 2 N–H and O–H groups in total. The van der Waals surface area contributed by atoms with Crippen molar-refractivity contribution in [2.75, 3.05) is 0 Å². The van der Waals surface area contributed by atoms with Crippen LogP contribution in [0.25, 0.3) is 11.7 Å². The summed E-state index contributed by atoms with van der Waals surface area (Å²) in [7, 11) is 0. The fourth-order valence-electron chi connectivity index (χ4n) is 1.70. The maximum atomic E-state index is 5.75. The van der Waals surface area contributed by atoms with Gasteiger partial charge in [0.1, 0.15) is 0 Å². The molecule has 2 rings (SSSR count). The maximum Gasteiger partial charge on any atom is 0.156 e. The summed E-state index contributed by atoms with van der Waals surface area (Å²) in [6.07, 6.45) is 14.8. The first-order valence-corrected chi connectivity index (χ1v) is 5.77. The lowest BCUT2D eigenvalue weighted by atomic mass is 10.3. The second-order valence-electron chi connectivity index (χ2n) is 3.91. The predicted octanol–water partition coefficient (Wildman–Crippen LogP) is 2.47. The fraction of sp³-hybridized carbons (Fsp3) is 0.143. The van der Waals surface area contributed by atoms with E-state index in [2.05, 4.69) is 9.97 Å². The second-order valence-corrected chi connectivity index (χ2v) is 3.91. The average Bonchev–Trinajstić information content (AvgIpc) is 2.68. The van der Waals surface area contributed by atoms with Gasteiger partial charge in [0.25, 0.3) is 0 Å². The zero-order valence-electron chi connectivity index (χ0n) is 10.5. The highest BCUT2D eigenvalue weighted by Gasteiger charge is 2.03. The number of aryl methyl sites for hydroxylation is 1. The molecule has 0 saturated heterocycles. The molecule has 92 valence electrons. The van der Waals surface area contributed by atoms with Crippen molar-refractivity contribution < 1.29 is 0 Å². The molecule has 0 radical (unpaired) electrons. The normalized spacial score (nSPS) is 13.1. The highest BCUT2D eigenvalue weighted by molar-refractivity contribution is 5.55. The minimum atomic E-state index is 0.719. The molecule has 4 nitrogen and oxygen atoms in total. The van der Waals surface area contributed by atoms with E-state index in [1.165, 1.54) is 0 Å². The van der Waals surface area contributed by atoms with E-state index in [0.717, 1.165) is 22.7 Å². The third kappa shape index (κ3) is 2.48. The fourth-order valence-corrected chi connectivity index (χ4v) is 1.70. The Balaban J connectivity index is 2.30. The van der Waals surface area contributed by atoms with Gasteiger partial charge in [0.15, 0.2) is 5.65 Å². The average molecular weight is 240 g/mol. The summed E-state index contributed by atoms with van der Waals surface area (Å²) < 4.78 is 2.01. The first-order chi connectivity index (χ1) is 8.72. The lowest BCUT2D eigenvalue weighted by Gasteiger charge is -1.93. The van der Waals surface area contributed by atoms with Crippen LogP contribution < -0.4 is 5.73 Å². The first kappa shape index (κ1) is 12.1. The Kier molecular flexibility index (Phi) is 3.57. The second kappa shape index (κ2) is 5.31. The van der Waals surface area contributed by atoms with E-state index in [-0.39, 0.29) is 0 Å². The predicted molar refractivity (Wildman–Crippen MR) is 73.8 cm³/mol. The Bertz CT molecular complexity index is 632. The number of aromatic nitrogens is 3. The molecule has 0 bridgehead atoms. The summed E-state index contributed by atoms with van der Waals surface area (Å²) in [5, 5.41) is 0. The molecule has 0 aliphatic rings. The molecule has 0 amide bonds. The lowest BCUT2D eigenvalue weighted by molar-refractivity contribution is 1.07. The van der Waals surface area contributed by atoms with Crippen LogP contribution in [-0.2, 0) is 0 Å². The van der Waals surface area contributed by atoms with E-state index in [0.29, 0.717) is 0 Å². The van der Waals surface area contributed by atoms with E-state index >= 15 is 0 Å². The summed E-state index contributed by atoms with van der Waals surface area (Å²) in [6, 6.07) is 0. The molecule has 0 aliphatic carbocycles. The number of nitrogens with two attached hydrogens (primary N) is 1. The van der Waals surface area contributed by atoms with Crippen molar-refractivity contribution in [2.45, 2.75) is 13.8 Å². The van der Waals surface area contributed by atoms with Gasteiger partial charge in [-0.1, -0.05) is 12.2 Å². The Morgan fingerprint density at radius 2 is 2.28 bits per heavy atom. The number of imidazole rings is 1. The van der Waals surface area contributed by atoms with E-state index in [1.807, 2.05) is 54.8 Å². The van der Waals surface area contributed by atoms with Gasteiger partial charge in [-0.25, -0.2) is 4.98 Å². The topological polar surface area (TPSA) is 56.2 Å². The Morgan fingerprint density at radius 3 is 3.00 bits per heavy atom. The van der Waals surface area contributed by atoms with Crippen LogP contribution in [-0.4, -0.2) is 14.4 Å². The van der Waals surface area contributed by atoms with Crippen LogP contribution in [0.4, 0.5) is 0 Å². The van der Waals surface area contributed by atoms with Gasteiger partial charge in [-0.05, 0) is 32.1 Å². The highest BCUT2D eigenvalue weighted by Crippen LogP contribution is 2.11. The largest absolute Gasteiger partial charge is 0.399 e. The molecule has 0 aliphatic heterocycles. The molecular weight excluding hydrogens is 224 g/mol. The van der Waals surface area contributed by atoms with Crippen LogP contribution in [0.2, 0.25) is 0 Å². The van der Waals surface area contributed by atoms with Gasteiger partial charge in [-0.2, -0.15) is 0 Å². The summed E-state index contributed by atoms with van der Waals surface area (Å²) in [5.74, 6) is 0. The Hall–Kier alpha value is -2.36. The molecule has 2 aromatic heterocycles. The van der Waals surface area contributed by atoms with Crippen molar-refractivity contribution in [1.82, 2.24) is 14.4 Å². The van der Waals surface area contributed by atoms with E-state index in [9.17, 15) is 0 Å². The molecule has 0 atom stereocenters. The minimum absolute atomic E-state index is 0.719. The standard InChI is InChI=1S/C14H16N4/c1-3-5-12(15)6-4-7-13-11(2)18-9-8-16-10-14(18)17-13/h3-10H,15H2,1-2H3/b5-3-,7-4+,12-6+. The van der Waals surface area contributed by atoms with Crippen LogP contribution >= 0.6 is 0 Å². The number of nitrogens with zero attached hydrogens (tertiary/aromatic N) is 3. The van der Waals surface area contributed by atoms with E-state index < -0.39 is 0 Å². The summed E-state index contributed by atoms with van der Waals surface area (Å²) >= 11 is 0. The van der Waals surface area contributed by atoms with Gasteiger partial charge in [-0.15, -0.1) is 0 Å². The van der Waals surface area contributed by atoms with Crippen LogP contribution in [0.3, 0.4) is 0 Å². The minimum Gasteiger partial charge on any atom is -0.399 e. The molecule has 2 aromatic rings. The SMILES string of the molecule is C\C=C/C(N)=C\C=C\c1nc2cnccn2c1C. The van der Waals surface area contributed by atoms with Crippen molar-refractivity contribution in [1.29, 1.82) is 0 Å². The zero-order valence-corrected chi connectivity index (χ0v) is 10.5. The van der Waals surface area contributed by atoms with Crippen molar-refractivity contribution in [2.24, 2.45) is 5.73 Å². The Morgan fingerprint density at radius 1 is 1.44 bits per heavy atom. The molecule has 0 aromatic carbocycles. The highest BCUT2D eigenvalue weighted by atomic mass is 15.0. The van der Waals surface area contributed by atoms with Crippen molar-refractivity contribution >= 4 is 11.7 Å². The molecular formula is C14H16N4. The molecule has 0 saturated carbocycles. The smallest absolute Gasteiger partial charge is 0.156 e. The Labute approximate surface area is 106 Å². The van der Waals surface area contributed by atoms with Gasteiger partial charge in [-0.3, -0.25) is 4.98 Å². The number of fused-ring (bicyclic) bond motifs is 1. The number of allylic oxidation sites excluding steroid dienone is 4. The molecule has 0 spiro atoms. The number of hydrogen-bond donors (Lipinski definition) is 1. The molecule has 2 heterocycles. The van der Waals surface area contributed by atoms with Crippen molar-refractivity contribution in [3.8, 4) is 0 Å². The summed E-state index contributed by atoms with van der Waals surface area (Å²) in [4.78, 5) is 8.53. The molecule has 0 fully saturated rings. The van der Waals surface area contributed by atoms with Gasteiger partial charge < -0.3 is 10.1 Å². The van der Waals surface area contributed by atoms with Gasteiger partial charge >= 0.3 is 0 Å². The van der Waals surface area contributed by atoms with Crippen LogP contribution in [0, 0.1) is 6.92 Å². The maximum absolute atomic E-state index is 5.75. The monoisotopic (exact) mass is 240 g/mol. The zero-order chi connectivity index (χ0) is 13.0. The first-order valence-electron chi connectivity index (χ1n) is 5.77.